The molecule has 0 saturated heterocycles. The lowest BCUT2D eigenvalue weighted by Crippen LogP contribution is -2.30. The molecule has 0 fully saturated rings. The molecule has 1 atom stereocenters. The third-order valence-corrected chi connectivity index (χ3v) is 2.88. The number of esters is 1. The van der Waals surface area contributed by atoms with Crippen LogP contribution in [0.2, 0.25) is 0 Å². The van der Waals surface area contributed by atoms with Gasteiger partial charge in [-0.05, 0) is 26.0 Å². The van der Waals surface area contributed by atoms with Gasteiger partial charge in [0, 0.05) is 6.20 Å². The SMILES string of the molecule is CCOC(=O)c1ccccc1NC(=O)/C(C#N)=C\NC(C)C(=O)O. The number of nitriles is 1. The molecule has 0 aliphatic heterocycles. The van der Waals surface area contributed by atoms with Crippen molar-refractivity contribution in [1.29, 1.82) is 5.26 Å². The highest BCUT2D eigenvalue weighted by atomic mass is 16.5. The van der Waals surface area contributed by atoms with Gasteiger partial charge in [0.2, 0.25) is 0 Å². The third-order valence-electron chi connectivity index (χ3n) is 2.88. The van der Waals surface area contributed by atoms with E-state index in [-0.39, 0.29) is 23.4 Å². The number of carbonyl (C=O) groups excluding carboxylic acids is 2. The molecule has 0 aromatic heterocycles. The van der Waals surface area contributed by atoms with E-state index in [1.807, 2.05) is 0 Å². The molecular formula is C16H17N3O5. The first kappa shape index (κ1) is 18.7. The molecule has 8 heteroatoms. The van der Waals surface area contributed by atoms with Crippen molar-refractivity contribution < 1.29 is 24.2 Å². The van der Waals surface area contributed by atoms with Crippen molar-refractivity contribution >= 4 is 23.5 Å². The number of benzene rings is 1. The van der Waals surface area contributed by atoms with Crippen molar-refractivity contribution in [2.75, 3.05) is 11.9 Å². The lowest BCUT2D eigenvalue weighted by molar-refractivity contribution is -0.138. The van der Waals surface area contributed by atoms with Gasteiger partial charge in [0.1, 0.15) is 17.7 Å². The molecule has 126 valence electrons. The van der Waals surface area contributed by atoms with Crippen LogP contribution in [0.5, 0.6) is 0 Å². The molecule has 0 spiro atoms. The molecule has 0 saturated carbocycles. The van der Waals surface area contributed by atoms with Crippen LogP contribution in [0.1, 0.15) is 24.2 Å². The zero-order valence-electron chi connectivity index (χ0n) is 13.2. The van der Waals surface area contributed by atoms with Crippen molar-refractivity contribution in [2.45, 2.75) is 19.9 Å². The molecule has 24 heavy (non-hydrogen) atoms. The van der Waals surface area contributed by atoms with E-state index in [1.165, 1.54) is 19.1 Å². The molecule has 1 rings (SSSR count). The van der Waals surface area contributed by atoms with E-state index in [0.29, 0.717) is 0 Å². The Hall–Kier alpha value is -3.34. The minimum Gasteiger partial charge on any atom is -0.480 e. The molecule has 1 aromatic carbocycles. The first-order chi connectivity index (χ1) is 11.4. The van der Waals surface area contributed by atoms with Crippen LogP contribution in [0.25, 0.3) is 0 Å². The quantitative estimate of drug-likeness (QED) is 0.390. The number of carbonyl (C=O) groups is 3. The average Bonchev–Trinajstić information content (AvgIpc) is 2.55. The van der Waals surface area contributed by atoms with E-state index in [9.17, 15) is 14.4 Å². The predicted octanol–water partition coefficient (Wildman–Crippen LogP) is 1.27. The third kappa shape index (κ3) is 5.14. The van der Waals surface area contributed by atoms with Crippen LogP contribution in [0.15, 0.2) is 36.0 Å². The van der Waals surface area contributed by atoms with Crippen LogP contribution in [0, 0.1) is 11.3 Å². The fourth-order valence-electron chi connectivity index (χ4n) is 1.60. The molecule has 0 aliphatic carbocycles. The second kappa shape index (κ2) is 8.95. The first-order valence-electron chi connectivity index (χ1n) is 7.07. The zero-order valence-corrected chi connectivity index (χ0v) is 13.2. The number of carboxylic acids is 1. The number of nitrogens with one attached hydrogen (secondary N) is 2. The van der Waals surface area contributed by atoms with Crippen LogP contribution in [-0.2, 0) is 14.3 Å². The number of carboxylic acid groups (broad SMARTS) is 1. The lowest BCUT2D eigenvalue weighted by Gasteiger charge is -2.10. The minimum absolute atomic E-state index is 0.150. The van der Waals surface area contributed by atoms with Crippen LogP contribution in [0.4, 0.5) is 5.69 Å². The summed E-state index contributed by atoms with van der Waals surface area (Å²) in [5.41, 5.74) is 0.00648. The summed E-state index contributed by atoms with van der Waals surface area (Å²) in [4.78, 5) is 34.7. The summed E-state index contributed by atoms with van der Waals surface area (Å²) >= 11 is 0. The highest BCUT2D eigenvalue weighted by Crippen LogP contribution is 2.17. The number of para-hydroxylation sites is 1. The maximum atomic E-state index is 12.1. The van der Waals surface area contributed by atoms with E-state index in [4.69, 9.17) is 15.1 Å². The average molecular weight is 331 g/mol. The van der Waals surface area contributed by atoms with Crippen molar-refractivity contribution in [1.82, 2.24) is 5.32 Å². The van der Waals surface area contributed by atoms with Crippen LogP contribution in [0.3, 0.4) is 0 Å². The lowest BCUT2D eigenvalue weighted by atomic mass is 10.1. The predicted molar refractivity (Wildman–Crippen MR) is 85.0 cm³/mol. The summed E-state index contributed by atoms with van der Waals surface area (Å²) in [6.45, 7) is 3.20. The minimum atomic E-state index is -1.13. The highest BCUT2D eigenvalue weighted by Gasteiger charge is 2.17. The van der Waals surface area contributed by atoms with Crippen molar-refractivity contribution in [3.8, 4) is 6.07 Å². The highest BCUT2D eigenvalue weighted by molar-refractivity contribution is 6.09. The van der Waals surface area contributed by atoms with Gasteiger partial charge in [-0.2, -0.15) is 5.26 Å². The molecule has 3 N–H and O–H groups in total. The number of anilines is 1. The van der Waals surface area contributed by atoms with Gasteiger partial charge < -0.3 is 20.5 Å². The molecule has 1 aromatic rings. The molecule has 0 radical (unpaired) electrons. The van der Waals surface area contributed by atoms with Crippen LogP contribution < -0.4 is 10.6 Å². The monoisotopic (exact) mass is 331 g/mol. The van der Waals surface area contributed by atoms with Crippen LogP contribution in [-0.4, -0.2) is 35.6 Å². The molecule has 0 bridgehead atoms. The topological polar surface area (TPSA) is 129 Å². The Balaban J connectivity index is 2.94. The second-order valence-corrected chi connectivity index (χ2v) is 4.62. The Morgan fingerprint density at radius 2 is 2.04 bits per heavy atom. The number of ether oxygens (including phenoxy) is 1. The Kier molecular flexibility index (Phi) is 6.97. The van der Waals surface area contributed by atoms with Gasteiger partial charge in [0.15, 0.2) is 0 Å². The van der Waals surface area contributed by atoms with Gasteiger partial charge >= 0.3 is 11.9 Å². The standard InChI is InChI=1S/C16H17N3O5/c1-3-24-16(23)12-6-4-5-7-13(12)19-14(20)11(8-17)9-18-10(2)15(21)22/h4-7,9-10,18H,3H2,1-2H3,(H,19,20)(H,21,22)/b11-9-. The van der Waals surface area contributed by atoms with Gasteiger partial charge in [-0.25, -0.2) is 4.79 Å². The molecule has 1 amide bonds. The largest absolute Gasteiger partial charge is 0.480 e. The summed E-state index contributed by atoms with van der Waals surface area (Å²) < 4.78 is 4.89. The van der Waals surface area contributed by atoms with Gasteiger partial charge in [0.25, 0.3) is 5.91 Å². The Morgan fingerprint density at radius 3 is 2.62 bits per heavy atom. The number of hydrogen-bond donors (Lipinski definition) is 3. The van der Waals surface area contributed by atoms with Gasteiger partial charge in [-0.3, -0.25) is 9.59 Å². The summed E-state index contributed by atoms with van der Waals surface area (Å²) in [5, 5.41) is 22.7. The van der Waals surface area contributed by atoms with Crippen molar-refractivity contribution in [2.24, 2.45) is 0 Å². The van der Waals surface area contributed by atoms with E-state index in [2.05, 4.69) is 10.6 Å². The maximum absolute atomic E-state index is 12.1. The zero-order chi connectivity index (χ0) is 18.1. The second-order valence-electron chi connectivity index (χ2n) is 4.62. The number of nitrogens with zero attached hydrogens (tertiary/aromatic N) is 1. The molecular weight excluding hydrogens is 314 g/mol. The number of hydrogen-bond acceptors (Lipinski definition) is 6. The van der Waals surface area contributed by atoms with Gasteiger partial charge in [-0.1, -0.05) is 12.1 Å². The number of aliphatic carboxylic acids is 1. The molecule has 0 aliphatic rings. The Labute approximate surface area is 138 Å². The van der Waals surface area contributed by atoms with E-state index >= 15 is 0 Å². The Bertz CT molecular complexity index is 706. The smallest absolute Gasteiger partial charge is 0.340 e. The molecule has 0 heterocycles. The fourth-order valence-corrected chi connectivity index (χ4v) is 1.60. The van der Waals surface area contributed by atoms with Crippen LogP contribution >= 0.6 is 0 Å². The number of rotatable bonds is 7. The van der Waals surface area contributed by atoms with E-state index in [1.54, 1.807) is 25.1 Å². The summed E-state index contributed by atoms with van der Waals surface area (Å²) in [7, 11) is 0. The van der Waals surface area contributed by atoms with Crippen molar-refractivity contribution in [3.05, 3.63) is 41.6 Å². The maximum Gasteiger partial charge on any atom is 0.340 e. The first-order valence-corrected chi connectivity index (χ1v) is 7.07. The normalized spacial score (nSPS) is 11.8. The summed E-state index contributed by atoms with van der Waals surface area (Å²) in [6.07, 6.45) is 1.01. The number of amides is 1. The van der Waals surface area contributed by atoms with Gasteiger partial charge in [0.05, 0.1) is 17.9 Å². The van der Waals surface area contributed by atoms with E-state index in [0.717, 1.165) is 6.20 Å². The summed E-state index contributed by atoms with van der Waals surface area (Å²) in [5.74, 6) is -2.51. The van der Waals surface area contributed by atoms with Crippen molar-refractivity contribution in [3.63, 3.8) is 0 Å². The Morgan fingerprint density at radius 1 is 1.38 bits per heavy atom. The molecule has 8 nitrogen and oxygen atoms in total. The summed E-state index contributed by atoms with van der Waals surface area (Å²) in [6, 6.07) is 6.90. The van der Waals surface area contributed by atoms with E-state index < -0.39 is 23.9 Å². The molecule has 1 unspecified atom stereocenters. The fraction of sp³-hybridized carbons (Fsp3) is 0.250. The van der Waals surface area contributed by atoms with Gasteiger partial charge in [-0.15, -0.1) is 0 Å².